The van der Waals surface area contributed by atoms with Gasteiger partial charge in [-0.15, -0.1) is 0 Å². The van der Waals surface area contributed by atoms with Gasteiger partial charge in [-0.2, -0.15) is 0 Å². The molecule has 2 aliphatic rings. The highest BCUT2D eigenvalue weighted by Gasteiger charge is 2.48. The SMILES string of the molecule is CCOc1ccccc1NC(=O)C1CC(=O)NC2NC(Nc3cc(Cl)cc(Cl)c3)NC(=O)C21. The highest BCUT2D eigenvalue weighted by atomic mass is 35.5. The molecule has 0 bridgehead atoms. The Morgan fingerprint density at radius 3 is 2.58 bits per heavy atom. The van der Waals surface area contributed by atoms with Crippen LogP contribution in [0, 0.1) is 11.8 Å². The Hall–Kier alpha value is -3.01. The van der Waals surface area contributed by atoms with E-state index in [1.165, 1.54) is 0 Å². The fourth-order valence-corrected chi connectivity index (χ4v) is 4.56. The number of hydrogen-bond acceptors (Lipinski definition) is 6. The number of fused-ring (bicyclic) bond motifs is 1. The highest BCUT2D eigenvalue weighted by molar-refractivity contribution is 6.35. The standard InChI is InChI=1S/C22H23Cl2N5O4/c1-2-33-16-6-4-3-5-15(16)26-20(31)14-10-17(30)27-19-18(14)21(32)29-22(28-19)25-13-8-11(23)7-12(24)9-13/h3-9,14,18-19,22,25,28H,2,10H2,1H3,(H,26,31)(H,27,30)(H,29,32). The molecule has 2 aliphatic heterocycles. The molecular weight excluding hydrogens is 469 g/mol. The highest BCUT2D eigenvalue weighted by Crippen LogP contribution is 2.30. The average molecular weight is 492 g/mol. The monoisotopic (exact) mass is 491 g/mol. The van der Waals surface area contributed by atoms with Crippen LogP contribution in [0.25, 0.3) is 0 Å². The van der Waals surface area contributed by atoms with E-state index >= 15 is 0 Å². The minimum absolute atomic E-state index is 0.110. The number of anilines is 2. The van der Waals surface area contributed by atoms with E-state index in [4.69, 9.17) is 27.9 Å². The van der Waals surface area contributed by atoms with Gasteiger partial charge in [-0.05, 0) is 37.3 Å². The molecule has 2 heterocycles. The Bertz CT molecular complexity index is 1060. The van der Waals surface area contributed by atoms with Crippen LogP contribution in [0.5, 0.6) is 5.75 Å². The first kappa shape index (κ1) is 23.2. The maximum atomic E-state index is 13.1. The van der Waals surface area contributed by atoms with Crippen molar-refractivity contribution in [1.29, 1.82) is 0 Å². The van der Waals surface area contributed by atoms with Crippen LogP contribution in [0.3, 0.4) is 0 Å². The molecule has 174 valence electrons. The molecular formula is C22H23Cl2N5O4. The number of benzene rings is 2. The molecule has 33 heavy (non-hydrogen) atoms. The molecule has 0 aliphatic carbocycles. The molecule has 3 amide bonds. The Labute approximate surface area is 200 Å². The van der Waals surface area contributed by atoms with Crippen molar-refractivity contribution in [2.24, 2.45) is 11.8 Å². The van der Waals surface area contributed by atoms with Crippen molar-refractivity contribution in [3.05, 3.63) is 52.5 Å². The summed E-state index contributed by atoms with van der Waals surface area (Å²) in [5.41, 5.74) is 1.06. The summed E-state index contributed by atoms with van der Waals surface area (Å²) in [5, 5.41) is 15.4. The fraction of sp³-hybridized carbons (Fsp3) is 0.318. The molecule has 2 saturated heterocycles. The molecule has 5 N–H and O–H groups in total. The van der Waals surface area contributed by atoms with Gasteiger partial charge in [0.25, 0.3) is 0 Å². The zero-order valence-electron chi connectivity index (χ0n) is 17.7. The van der Waals surface area contributed by atoms with Gasteiger partial charge in [0, 0.05) is 22.2 Å². The molecule has 9 nitrogen and oxygen atoms in total. The first-order valence-electron chi connectivity index (χ1n) is 10.4. The lowest BCUT2D eigenvalue weighted by Crippen LogP contribution is -2.72. The summed E-state index contributed by atoms with van der Waals surface area (Å²) in [6.45, 7) is 2.27. The Kier molecular flexibility index (Phi) is 6.92. The summed E-state index contributed by atoms with van der Waals surface area (Å²) in [7, 11) is 0. The van der Waals surface area contributed by atoms with Crippen LogP contribution in [0.2, 0.25) is 10.0 Å². The summed E-state index contributed by atoms with van der Waals surface area (Å²) in [5.74, 6) is -2.29. The molecule has 0 aromatic heterocycles. The van der Waals surface area contributed by atoms with E-state index in [0.29, 0.717) is 33.8 Å². The van der Waals surface area contributed by atoms with Crippen LogP contribution in [0.1, 0.15) is 13.3 Å². The van der Waals surface area contributed by atoms with E-state index in [2.05, 4.69) is 26.6 Å². The second kappa shape index (κ2) is 9.86. The number of carbonyl (C=O) groups is 3. The number of piperidine rings is 1. The van der Waals surface area contributed by atoms with Gasteiger partial charge in [-0.1, -0.05) is 35.3 Å². The fourth-order valence-electron chi connectivity index (χ4n) is 4.03. The lowest BCUT2D eigenvalue weighted by molar-refractivity contribution is -0.144. The van der Waals surface area contributed by atoms with Crippen LogP contribution >= 0.6 is 23.2 Å². The smallest absolute Gasteiger partial charge is 0.229 e. The Morgan fingerprint density at radius 2 is 1.85 bits per heavy atom. The molecule has 2 fully saturated rings. The molecule has 4 rings (SSSR count). The average Bonchev–Trinajstić information content (AvgIpc) is 2.73. The minimum Gasteiger partial charge on any atom is -0.492 e. The van der Waals surface area contributed by atoms with Crippen molar-refractivity contribution in [2.45, 2.75) is 25.8 Å². The summed E-state index contributed by atoms with van der Waals surface area (Å²) < 4.78 is 5.55. The number of nitrogens with one attached hydrogen (secondary N) is 5. The molecule has 11 heteroatoms. The van der Waals surface area contributed by atoms with Crippen molar-refractivity contribution >= 4 is 52.3 Å². The molecule has 4 atom stereocenters. The van der Waals surface area contributed by atoms with Gasteiger partial charge in [0.2, 0.25) is 17.7 Å². The first-order chi connectivity index (χ1) is 15.8. The van der Waals surface area contributed by atoms with Gasteiger partial charge in [0.15, 0.2) is 6.29 Å². The van der Waals surface area contributed by atoms with Gasteiger partial charge in [0.1, 0.15) is 5.75 Å². The van der Waals surface area contributed by atoms with Gasteiger partial charge >= 0.3 is 0 Å². The van der Waals surface area contributed by atoms with Crippen LogP contribution in [-0.2, 0) is 14.4 Å². The number of ether oxygens (including phenoxy) is 1. The summed E-state index contributed by atoms with van der Waals surface area (Å²) in [4.78, 5) is 38.5. The zero-order valence-corrected chi connectivity index (χ0v) is 19.2. The first-order valence-corrected chi connectivity index (χ1v) is 11.2. The number of rotatable bonds is 6. The van der Waals surface area contributed by atoms with Gasteiger partial charge in [-0.3, -0.25) is 19.7 Å². The van der Waals surface area contributed by atoms with Crippen molar-refractivity contribution in [2.75, 3.05) is 17.2 Å². The van der Waals surface area contributed by atoms with Gasteiger partial charge < -0.3 is 26.0 Å². The molecule has 4 unspecified atom stereocenters. The number of halogens is 2. The van der Waals surface area contributed by atoms with E-state index in [-0.39, 0.29) is 18.2 Å². The second-order valence-corrected chi connectivity index (χ2v) is 8.58. The quantitative estimate of drug-likeness (QED) is 0.423. The van der Waals surface area contributed by atoms with E-state index in [9.17, 15) is 14.4 Å². The minimum atomic E-state index is -0.868. The second-order valence-electron chi connectivity index (χ2n) is 7.71. The maximum Gasteiger partial charge on any atom is 0.229 e. The van der Waals surface area contributed by atoms with Gasteiger partial charge in [-0.25, -0.2) is 0 Å². The van der Waals surface area contributed by atoms with Crippen molar-refractivity contribution < 1.29 is 19.1 Å². The topological polar surface area (TPSA) is 121 Å². The maximum absolute atomic E-state index is 13.1. The summed E-state index contributed by atoms with van der Waals surface area (Å²) in [6, 6.07) is 11.9. The predicted molar refractivity (Wildman–Crippen MR) is 125 cm³/mol. The molecule has 2 aromatic carbocycles. The van der Waals surface area contributed by atoms with Crippen molar-refractivity contribution in [3.8, 4) is 5.75 Å². The predicted octanol–water partition coefficient (Wildman–Crippen LogP) is 2.52. The normalized spacial score (nSPS) is 24.2. The van der Waals surface area contributed by atoms with Crippen LogP contribution in [0.4, 0.5) is 11.4 Å². The van der Waals surface area contributed by atoms with E-state index in [1.54, 1.807) is 42.5 Å². The summed E-state index contributed by atoms with van der Waals surface area (Å²) in [6.07, 6.45) is -1.57. The van der Waals surface area contributed by atoms with E-state index in [1.807, 2.05) is 6.92 Å². The Morgan fingerprint density at radius 1 is 1.12 bits per heavy atom. The van der Waals surface area contributed by atoms with E-state index < -0.39 is 30.2 Å². The number of para-hydroxylation sites is 2. The van der Waals surface area contributed by atoms with Gasteiger partial charge in [0.05, 0.1) is 30.3 Å². The molecule has 2 aromatic rings. The lowest BCUT2D eigenvalue weighted by atomic mass is 9.81. The van der Waals surface area contributed by atoms with Crippen LogP contribution in [-0.4, -0.2) is 36.8 Å². The third kappa shape index (κ3) is 5.32. The molecule has 0 saturated carbocycles. The van der Waals surface area contributed by atoms with Crippen molar-refractivity contribution in [3.63, 3.8) is 0 Å². The largest absolute Gasteiger partial charge is 0.492 e. The number of amides is 3. The summed E-state index contributed by atoms with van der Waals surface area (Å²) >= 11 is 12.1. The Balaban J connectivity index is 1.49. The van der Waals surface area contributed by atoms with Crippen molar-refractivity contribution in [1.82, 2.24) is 16.0 Å². The molecule has 0 radical (unpaired) electrons. The van der Waals surface area contributed by atoms with Crippen LogP contribution < -0.4 is 31.3 Å². The zero-order chi connectivity index (χ0) is 23.5. The van der Waals surface area contributed by atoms with E-state index in [0.717, 1.165) is 0 Å². The number of carbonyl (C=O) groups excluding carboxylic acids is 3. The number of hydrogen-bond donors (Lipinski definition) is 5. The lowest BCUT2D eigenvalue weighted by Gasteiger charge is -2.43. The molecule has 0 spiro atoms. The van der Waals surface area contributed by atoms with Crippen LogP contribution in [0.15, 0.2) is 42.5 Å². The third-order valence-corrected chi connectivity index (χ3v) is 5.84. The third-order valence-electron chi connectivity index (χ3n) is 5.41.